The Kier molecular flexibility index (Phi) is 4.30. The number of hydrogen-bond donors (Lipinski definition) is 0. The van der Waals surface area contributed by atoms with Crippen LogP contribution < -0.4 is 4.74 Å². The normalized spacial score (nSPS) is 10.0. The van der Waals surface area contributed by atoms with Crippen molar-refractivity contribution in [3.05, 3.63) is 66.7 Å². The highest BCUT2D eigenvalue weighted by Crippen LogP contribution is 2.25. The monoisotopic (exact) mass is 315 g/mol. The molecule has 0 unspecified atom stereocenters. The molecule has 5 heteroatoms. The summed E-state index contributed by atoms with van der Waals surface area (Å²) in [5.41, 5.74) is 3.89. The van der Waals surface area contributed by atoms with E-state index in [2.05, 4.69) is 9.97 Å². The quantitative estimate of drug-likeness (QED) is 0.545. The smallest absolute Gasteiger partial charge is 0.308 e. The summed E-state index contributed by atoms with van der Waals surface area (Å²) in [6, 6.07) is 17.2. The minimum absolute atomic E-state index is 0.156. The number of rotatable bonds is 3. The highest BCUT2D eigenvalue weighted by molar-refractivity contribution is 5.72. The third-order valence-corrected chi connectivity index (χ3v) is 3.42. The van der Waals surface area contributed by atoms with Gasteiger partial charge in [0.05, 0.1) is 0 Å². The topological polar surface area (TPSA) is 75.9 Å². The van der Waals surface area contributed by atoms with Gasteiger partial charge >= 0.3 is 5.97 Å². The van der Waals surface area contributed by atoms with E-state index >= 15 is 0 Å². The van der Waals surface area contributed by atoms with Gasteiger partial charge in [0.2, 0.25) is 5.82 Å². The van der Waals surface area contributed by atoms with Gasteiger partial charge in [-0.3, -0.25) is 4.79 Å². The van der Waals surface area contributed by atoms with Gasteiger partial charge in [0, 0.05) is 24.9 Å². The Labute approximate surface area is 139 Å². The Balaban J connectivity index is 1.81. The summed E-state index contributed by atoms with van der Waals surface area (Å²) in [5.74, 6) is 0.345. The van der Waals surface area contributed by atoms with Gasteiger partial charge in [-0.05, 0) is 28.8 Å². The van der Waals surface area contributed by atoms with Gasteiger partial charge in [-0.1, -0.05) is 36.4 Å². The average molecular weight is 315 g/mol. The van der Waals surface area contributed by atoms with Crippen molar-refractivity contribution in [3.8, 4) is 34.1 Å². The molecule has 0 saturated heterocycles. The molecule has 1 aromatic heterocycles. The van der Waals surface area contributed by atoms with Gasteiger partial charge in [-0.15, -0.1) is 0 Å². The molecule has 0 aliphatic carbocycles. The van der Waals surface area contributed by atoms with Crippen LogP contribution >= 0.6 is 0 Å². The fraction of sp³-hybridized carbons (Fsp3) is 0.0526. The summed E-state index contributed by atoms with van der Waals surface area (Å²) in [7, 11) is 0. The molecule has 3 aromatic rings. The molecule has 0 saturated carbocycles. The molecule has 0 bridgehead atoms. The van der Waals surface area contributed by atoms with Crippen LogP contribution in [0.5, 0.6) is 5.75 Å². The maximum absolute atomic E-state index is 10.9. The Bertz CT molecular complexity index is 893. The van der Waals surface area contributed by atoms with Crippen LogP contribution in [0.15, 0.2) is 60.9 Å². The third-order valence-electron chi connectivity index (χ3n) is 3.42. The first kappa shape index (κ1) is 15.4. The second-order valence-electron chi connectivity index (χ2n) is 5.10. The van der Waals surface area contributed by atoms with E-state index in [1.807, 2.05) is 42.5 Å². The lowest BCUT2D eigenvalue weighted by Crippen LogP contribution is -2.00. The molecule has 0 fully saturated rings. The molecule has 0 radical (unpaired) electrons. The summed E-state index contributed by atoms with van der Waals surface area (Å²) in [4.78, 5) is 18.9. The van der Waals surface area contributed by atoms with E-state index in [0.717, 1.165) is 22.3 Å². The second kappa shape index (κ2) is 6.71. The number of carbonyl (C=O) groups is 1. The highest BCUT2D eigenvalue weighted by atomic mass is 16.5. The van der Waals surface area contributed by atoms with Crippen molar-refractivity contribution in [2.75, 3.05) is 0 Å². The Morgan fingerprint density at radius 3 is 1.79 bits per heavy atom. The van der Waals surface area contributed by atoms with Crippen molar-refractivity contribution in [1.82, 2.24) is 9.97 Å². The van der Waals surface area contributed by atoms with E-state index in [-0.39, 0.29) is 11.8 Å². The summed E-state index contributed by atoms with van der Waals surface area (Å²) >= 11 is 0. The third kappa shape index (κ3) is 3.45. The molecular formula is C19H13N3O2. The number of ether oxygens (including phenoxy) is 1. The minimum Gasteiger partial charge on any atom is -0.427 e. The number of hydrogen-bond acceptors (Lipinski definition) is 5. The zero-order valence-electron chi connectivity index (χ0n) is 12.9. The lowest BCUT2D eigenvalue weighted by atomic mass is 10.0. The van der Waals surface area contributed by atoms with Crippen LogP contribution in [0.25, 0.3) is 22.3 Å². The average Bonchev–Trinajstić information content (AvgIpc) is 2.62. The van der Waals surface area contributed by atoms with Crippen molar-refractivity contribution in [1.29, 1.82) is 5.26 Å². The number of benzene rings is 2. The van der Waals surface area contributed by atoms with Crippen LogP contribution in [0.3, 0.4) is 0 Å². The molecule has 0 N–H and O–H groups in total. The molecule has 0 atom stereocenters. The van der Waals surface area contributed by atoms with Gasteiger partial charge in [0.1, 0.15) is 11.8 Å². The Morgan fingerprint density at radius 1 is 0.875 bits per heavy atom. The molecule has 5 nitrogen and oxygen atoms in total. The van der Waals surface area contributed by atoms with Gasteiger partial charge in [-0.25, -0.2) is 9.97 Å². The first-order chi connectivity index (χ1) is 11.7. The molecule has 0 aliphatic heterocycles. The number of esters is 1. The van der Waals surface area contributed by atoms with Crippen LogP contribution in [0.2, 0.25) is 0 Å². The Morgan fingerprint density at radius 2 is 1.33 bits per heavy atom. The first-order valence-electron chi connectivity index (χ1n) is 7.27. The summed E-state index contributed by atoms with van der Waals surface area (Å²) < 4.78 is 5.03. The first-order valence-corrected chi connectivity index (χ1v) is 7.27. The van der Waals surface area contributed by atoms with Gasteiger partial charge < -0.3 is 4.74 Å². The standard InChI is InChI=1S/C19H13N3O2/c1-13(23)24-18-8-6-15(7-9-18)14-2-4-16(5-3-14)17-11-21-19(10-20)22-12-17/h2-9,11-12H,1H3. The zero-order chi connectivity index (χ0) is 16.9. The van der Waals surface area contributed by atoms with Crippen LogP contribution in [0.4, 0.5) is 0 Å². The van der Waals surface area contributed by atoms with Crippen LogP contribution in [-0.4, -0.2) is 15.9 Å². The van der Waals surface area contributed by atoms with Crippen molar-refractivity contribution >= 4 is 5.97 Å². The number of carbonyl (C=O) groups excluding carboxylic acids is 1. The number of nitrogens with zero attached hydrogens (tertiary/aromatic N) is 3. The van der Waals surface area contributed by atoms with E-state index in [9.17, 15) is 4.79 Å². The maximum atomic E-state index is 10.9. The lowest BCUT2D eigenvalue weighted by molar-refractivity contribution is -0.131. The fourth-order valence-electron chi connectivity index (χ4n) is 2.27. The fourth-order valence-corrected chi connectivity index (χ4v) is 2.27. The molecule has 116 valence electrons. The molecule has 3 rings (SSSR count). The SMILES string of the molecule is CC(=O)Oc1ccc(-c2ccc(-c3cnc(C#N)nc3)cc2)cc1. The van der Waals surface area contributed by atoms with Crippen molar-refractivity contribution < 1.29 is 9.53 Å². The second-order valence-corrected chi connectivity index (χ2v) is 5.10. The van der Waals surface area contributed by atoms with Crippen molar-refractivity contribution in [3.63, 3.8) is 0 Å². The van der Waals surface area contributed by atoms with Crippen LogP contribution in [-0.2, 0) is 4.79 Å². The van der Waals surface area contributed by atoms with Gasteiger partial charge in [0.25, 0.3) is 0 Å². The van der Waals surface area contributed by atoms with E-state index in [1.165, 1.54) is 6.92 Å². The predicted molar refractivity (Wildman–Crippen MR) is 88.9 cm³/mol. The maximum Gasteiger partial charge on any atom is 0.308 e. The molecule has 1 heterocycles. The van der Waals surface area contributed by atoms with E-state index < -0.39 is 0 Å². The Hall–Kier alpha value is -3.52. The molecule has 0 aliphatic rings. The number of aromatic nitrogens is 2. The molecule has 2 aromatic carbocycles. The summed E-state index contributed by atoms with van der Waals surface area (Å²) in [6.45, 7) is 1.37. The van der Waals surface area contributed by atoms with E-state index in [0.29, 0.717) is 5.75 Å². The van der Waals surface area contributed by atoms with Gasteiger partial charge in [0.15, 0.2) is 0 Å². The summed E-state index contributed by atoms with van der Waals surface area (Å²) in [5, 5.41) is 8.73. The summed E-state index contributed by atoms with van der Waals surface area (Å²) in [6.07, 6.45) is 3.27. The molecule has 0 spiro atoms. The largest absolute Gasteiger partial charge is 0.427 e. The minimum atomic E-state index is -0.336. The van der Waals surface area contributed by atoms with Crippen molar-refractivity contribution in [2.24, 2.45) is 0 Å². The lowest BCUT2D eigenvalue weighted by Gasteiger charge is -2.06. The van der Waals surface area contributed by atoms with Crippen LogP contribution in [0.1, 0.15) is 12.7 Å². The van der Waals surface area contributed by atoms with Gasteiger partial charge in [-0.2, -0.15) is 5.26 Å². The highest BCUT2D eigenvalue weighted by Gasteiger charge is 2.03. The molecule has 0 amide bonds. The predicted octanol–water partition coefficient (Wildman–Crippen LogP) is 3.61. The molecule has 24 heavy (non-hydrogen) atoms. The van der Waals surface area contributed by atoms with Crippen LogP contribution in [0, 0.1) is 11.3 Å². The number of nitriles is 1. The van der Waals surface area contributed by atoms with E-state index in [4.69, 9.17) is 10.00 Å². The molecular weight excluding hydrogens is 302 g/mol. The zero-order valence-corrected chi connectivity index (χ0v) is 12.9. The van der Waals surface area contributed by atoms with E-state index in [1.54, 1.807) is 24.5 Å². The van der Waals surface area contributed by atoms with Crippen molar-refractivity contribution in [2.45, 2.75) is 6.92 Å².